The van der Waals surface area contributed by atoms with E-state index in [-0.39, 0.29) is 29.6 Å². The fraction of sp³-hybridized carbons (Fsp3) is 0.600. The Hall–Kier alpha value is -1.92. The van der Waals surface area contributed by atoms with Crippen molar-refractivity contribution in [2.75, 3.05) is 6.54 Å². The first kappa shape index (κ1) is 24.2. The Bertz CT molecular complexity index is 969. The lowest BCUT2D eigenvalue weighted by molar-refractivity contribution is -0.144. The van der Waals surface area contributed by atoms with E-state index < -0.39 is 33.9 Å². The lowest BCUT2D eigenvalue weighted by Gasteiger charge is -2.33. The van der Waals surface area contributed by atoms with Crippen LogP contribution in [-0.4, -0.2) is 51.2 Å². The molecule has 1 heterocycles. The van der Waals surface area contributed by atoms with Gasteiger partial charge in [-0.15, -0.1) is 23.2 Å². The van der Waals surface area contributed by atoms with Crippen LogP contribution in [0, 0.1) is 23.7 Å². The number of hydrogen-bond acceptors (Lipinski definition) is 4. The van der Waals surface area contributed by atoms with Gasteiger partial charge in [0.05, 0.1) is 6.04 Å². The number of alkyl halides is 2. The fourth-order valence-electron chi connectivity index (χ4n) is 5.60. The summed E-state index contributed by atoms with van der Waals surface area (Å²) >= 11 is 12.8. The van der Waals surface area contributed by atoms with Gasteiger partial charge in [-0.2, -0.15) is 0 Å². The highest BCUT2D eigenvalue weighted by molar-refractivity contribution is 6.51. The van der Waals surface area contributed by atoms with Crippen molar-refractivity contribution < 1.29 is 19.2 Å². The van der Waals surface area contributed by atoms with E-state index in [1.807, 2.05) is 26.0 Å². The Morgan fingerprint density at radius 2 is 1.76 bits per heavy atom. The highest BCUT2D eigenvalue weighted by Crippen LogP contribution is 2.65. The molecule has 178 valence electrons. The standard InChI is InChI=1S/C25H30Cl2N2O4/c1-4-7-19(22(31)14(3)30)28-23(32)21-20-18(25(20,26)27)12-29(21)24(33)13(2)17-10-15-8-5-6-9-16(15)11-17/h5-6,8-9,13,17-21H,4,7,10-12H2,1-3H3,(H,28,32)/t13-,18-,19-,20-,21-/m0/s1. The van der Waals surface area contributed by atoms with Gasteiger partial charge in [0.2, 0.25) is 17.6 Å². The third-order valence-corrected chi connectivity index (χ3v) is 8.69. The molecule has 0 unspecified atom stereocenters. The van der Waals surface area contributed by atoms with Crippen LogP contribution in [0.1, 0.15) is 44.7 Å². The Balaban J connectivity index is 1.50. The largest absolute Gasteiger partial charge is 0.344 e. The van der Waals surface area contributed by atoms with Crippen molar-refractivity contribution in [3.05, 3.63) is 35.4 Å². The number of rotatable bonds is 8. The molecule has 4 rings (SSSR count). The van der Waals surface area contributed by atoms with Crippen molar-refractivity contribution in [1.82, 2.24) is 10.2 Å². The quantitative estimate of drug-likeness (QED) is 0.446. The Labute approximate surface area is 204 Å². The normalized spacial score (nSPS) is 26.8. The highest BCUT2D eigenvalue weighted by Gasteiger charge is 2.74. The maximum absolute atomic E-state index is 13.6. The number of carbonyl (C=O) groups is 4. The number of piperidine rings is 1. The summed E-state index contributed by atoms with van der Waals surface area (Å²) in [6.07, 6.45) is 2.64. The minimum absolute atomic E-state index is 0.0887. The first-order valence-electron chi connectivity index (χ1n) is 11.7. The zero-order valence-corrected chi connectivity index (χ0v) is 20.7. The molecule has 0 radical (unpaired) electrons. The summed E-state index contributed by atoms with van der Waals surface area (Å²) in [7, 11) is 0. The van der Waals surface area contributed by atoms with Crippen molar-refractivity contribution >= 4 is 46.6 Å². The monoisotopic (exact) mass is 492 g/mol. The van der Waals surface area contributed by atoms with Crippen LogP contribution in [0.15, 0.2) is 24.3 Å². The number of likely N-dealkylation sites (tertiary alicyclic amines) is 1. The minimum Gasteiger partial charge on any atom is -0.344 e. The van der Waals surface area contributed by atoms with E-state index in [9.17, 15) is 19.2 Å². The molecular weight excluding hydrogens is 463 g/mol. The van der Waals surface area contributed by atoms with Crippen LogP contribution in [0.25, 0.3) is 0 Å². The smallest absolute Gasteiger partial charge is 0.243 e. The summed E-state index contributed by atoms with van der Waals surface area (Å²) in [5.41, 5.74) is 2.54. The third kappa shape index (κ3) is 4.32. The van der Waals surface area contributed by atoms with Gasteiger partial charge in [-0.05, 0) is 36.3 Å². The van der Waals surface area contributed by atoms with Crippen LogP contribution in [0.3, 0.4) is 0 Å². The number of nitrogens with one attached hydrogen (secondary N) is 1. The van der Waals surface area contributed by atoms with E-state index in [4.69, 9.17) is 23.2 Å². The van der Waals surface area contributed by atoms with Gasteiger partial charge < -0.3 is 10.2 Å². The third-order valence-electron chi connectivity index (χ3n) is 7.62. The van der Waals surface area contributed by atoms with Gasteiger partial charge in [0.25, 0.3) is 0 Å². The molecule has 1 N–H and O–H groups in total. The molecule has 3 aliphatic rings. The first-order chi connectivity index (χ1) is 15.6. The van der Waals surface area contributed by atoms with E-state index in [0.29, 0.717) is 19.4 Å². The second kappa shape index (κ2) is 9.03. The molecule has 1 aliphatic heterocycles. The number of Topliss-reactive ketones (excluding diaryl/α,β-unsaturated/α-hetero) is 2. The van der Waals surface area contributed by atoms with Crippen LogP contribution < -0.4 is 5.32 Å². The first-order valence-corrected chi connectivity index (χ1v) is 12.4. The van der Waals surface area contributed by atoms with E-state index in [1.54, 1.807) is 4.90 Å². The van der Waals surface area contributed by atoms with Crippen molar-refractivity contribution in [2.24, 2.45) is 23.7 Å². The lowest BCUT2D eigenvalue weighted by Crippen LogP contribution is -2.55. The molecule has 6 nitrogen and oxygen atoms in total. The number of hydrogen-bond donors (Lipinski definition) is 1. The van der Waals surface area contributed by atoms with E-state index in [1.165, 1.54) is 18.1 Å². The summed E-state index contributed by atoms with van der Waals surface area (Å²) in [5.74, 6) is -2.45. The van der Waals surface area contributed by atoms with Gasteiger partial charge in [0.1, 0.15) is 10.4 Å². The predicted octanol–water partition coefficient (Wildman–Crippen LogP) is 3.11. The van der Waals surface area contributed by atoms with Crippen LogP contribution in [0.2, 0.25) is 0 Å². The Morgan fingerprint density at radius 3 is 2.30 bits per heavy atom. The molecule has 0 spiro atoms. The summed E-state index contributed by atoms with van der Waals surface area (Å²) in [5, 5.41) is 2.72. The van der Waals surface area contributed by atoms with Crippen molar-refractivity contribution in [2.45, 2.75) is 62.9 Å². The number of ketones is 2. The molecule has 0 aromatic heterocycles. The lowest BCUT2D eigenvalue weighted by atomic mass is 9.89. The minimum atomic E-state index is -1.06. The molecule has 1 saturated heterocycles. The average molecular weight is 493 g/mol. The second-order valence-electron chi connectivity index (χ2n) is 9.74. The van der Waals surface area contributed by atoms with Crippen LogP contribution in [-0.2, 0) is 32.0 Å². The molecular formula is C25H30Cl2N2O4. The molecule has 2 aliphatic carbocycles. The number of fused-ring (bicyclic) bond motifs is 2. The molecule has 5 atom stereocenters. The van der Waals surface area contributed by atoms with Crippen molar-refractivity contribution in [3.8, 4) is 0 Å². The summed E-state index contributed by atoms with van der Waals surface area (Å²) in [4.78, 5) is 52.4. The topological polar surface area (TPSA) is 83.6 Å². The molecule has 2 amide bonds. The average Bonchev–Trinajstić information content (AvgIpc) is 3.17. The van der Waals surface area contributed by atoms with Crippen molar-refractivity contribution in [3.63, 3.8) is 0 Å². The van der Waals surface area contributed by atoms with Gasteiger partial charge in [-0.3, -0.25) is 19.2 Å². The molecule has 33 heavy (non-hydrogen) atoms. The van der Waals surface area contributed by atoms with Gasteiger partial charge in [0, 0.05) is 31.2 Å². The Kier molecular flexibility index (Phi) is 6.62. The summed E-state index contributed by atoms with van der Waals surface area (Å²) in [6, 6.07) is 6.47. The van der Waals surface area contributed by atoms with Crippen LogP contribution in [0.5, 0.6) is 0 Å². The number of carbonyl (C=O) groups excluding carboxylic acids is 4. The SMILES string of the molecule is CCC[C@H](NC(=O)[C@@H]1[C@@H]2[C@H](CN1C(=O)[C@@H](C)C1Cc3ccccc3C1)C2(Cl)Cl)C(=O)C(C)=O. The summed E-state index contributed by atoms with van der Waals surface area (Å²) < 4.78 is -1.06. The molecule has 0 bridgehead atoms. The number of halogens is 2. The van der Waals surface area contributed by atoms with Gasteiger partial charge in [-0.25, -0.2) is 0 Å². The number of benzene rings is 1. The van der Waals surface area contributed by atoms with Crippen molar-refractivity contribution in [1.29, 1.82) is 0 Å². The molecule has 1 saturated carbocycles. The zero-order valence-electron chi connectivity index (χ0n) is 19.1. The predicted molar refractivity (Wildman–Crippen MR) is 126 cm³/mol. The van der Waals surface area contributed by atoms with Gasteiger partial charge >= 0.3 is 0 Å². The Morgan fingerprint density at radius 1 is 1.15 bits per heavy atom. The second-order valence-corrected chi connectivity index (χ2v) is 11.2. The van der Waals surface area contributed by atoms with Crippen LogP contribution >= 0.6 is 23.2 Å². The molecule has 8 heteroatoms. The maximum Gasteiger partial charge on any atom is 0.243 e. The summed E-state index contributed by atoms with van der Waals surface area (Å²) in [6.45, 7) is 5.31. The molecule has 2 fully saturated rings. The number of amides is 2. The number of nitrogens with zero attached hydrogens (tertiary/aromatic N) is 1. The zero-order chi connectivity index (χ0) is 24.1. The highest BCUT2D eigenvalue weighted by atomic mass is 35.5. The van der Waals surface area contributed by atoms with E-state index in [2.05, 4.69) is 17.4 Å². The molecule has 1 aromatic carbocycles. The molecule has 1 aromatic rings. The fourth-order valence-corrected chi connectivity index (χ4v) is 6.43. The van der Waals surface area contributed by atoms with E-state index in [0.717, 1.165) is 12.8 Å². The van der Waals surface area contributed by atoms with E-state index >= 15 is 0 Å². The van der Waals surface area contributed by atoms with Crippen LogP contribution in [0.4, 0.5) is 0 Å². The van der Waals surface area contributed by atoms with Gasteiger partial charge in [-0.1, -0.05) is 44.5 Å². The van der Waals surface area contributed by atoms with Gasteiger partial charge in [0.15, 0.2) is 5.78 Å². The maximum atomic E-state index is 13.6.